The normalized spacial score (nSPS) is 15.5. The fourth-order valence-electron chi connectivity index (χ4n) is 2.47. The Hall–Kier alpha value is -2.75. The van der Waals surface area contributed by atoms with Crippen LogP contribution in [0.5, 0.6) is 0 Å². The number of piperidine rings is 1. The molecular weight excluding hydrogens is 266 g/mol. The van der Waals surface area contributed by atoms with Gasteiger partial charge in [-0.2, -0.15) is 10.4 Å². The number of anilines is 2. The second-order valence-electron chi connectivity index (χ2n) is 4.88. The van der Waals surface area contributed by atoms with Gasteiger partial charge in [0.15, 0.2) is 5.82 Å². The van der Waals surface area contributed by atoms with Crippen LogP contribution in [0.3, 0.4) is 0 Å². The van der Waals surface area contributed by atoms with Gasteiger partial charge in [-0.05, 0) is 25.0 Å². The van der Waals surface area contributed by atoms with E-state index < -0.39 is 0 Å². The molecule has 1 N–H and O–H groups in total. The van der Waals surface area contributed by atoms with E-state index in [9.17, 15) is 0 Å². The molecule has 1 aliphatic rings. The third kappa shape index (κ3) is 3.05. The zero-order valence-electron chi connectivity index (χ0n) is 11.5. The van der Waals surface area contributed by atoms with E-state index >= 15 is 0 Å². The summed E-state index contributed by atoms with van der Waals surface area (Å²) >= 11 is 0. The van der Waals surface area contributed by atoms with Gasteiger partial charge in [-0.3, -0.25) is 0 Å². The van der Waals surface area contributed by atoms with Gasteiger partial charge in [-0.15, -0.1) is 5.10 Å². The summed E-state index contributed by atoms with van der Waals surface area (Å²) in [6, 6.07) is 6.11. The molecule has 1 aliphatic heterocycles. The van der Waals surface area contributed by atoms with E-state index in [-0.39, 0.29) is 0 Å². The average Bonchev–Trinajstić information content (AvgIpc) is 2.56. The number of nitrogens with one attached hydrogen (secondary N) is 1. The number of aromatic nitrogens is 4. The van der Waals surface area contributed by atoms with Crippen molar-refractivity contribution in [3.8, 4) is 6.07 Å². The molecular formula is C14H15N7. The van der Waals surface area contributed by atoms with Gasteiger partial charge in [0.05, 0.1) is 11.8 Å². The minimum absolute atomic E-state index is 0.373. The smallest absolute Gasteiger partial charge is 0.169 e. The first-order valence-electron chi connectivity index (χ1n) is 6.86. The van der Waals surface area contributed by atoms with Crippen molar-refractivity contribution >= 4 is 11.6 Å². The number of nitriles is 1. The van der Waals surface area contributed by atoms with Gasteiger partial charge in [0.2, 0.25) is 0 Å². The van der Waals surface area contributed by atoms with Crippen LogP contribution in [0, 0.1) is 11.3 Å². The molecule has 0 spiro atoms. The van der Waals surface area contributed by atoms with E-state index in [2.05, 4.69) is 36.5 Å². The monoisotopic (exact) mass is 281 g/mol. The van der Waals surface area contributed by atoms with Crippen LogP contribution in [-0.4, -0.2) is 39.3 Å². The summed E-state index contributed by atoms with van der Waals surface area (Å²) in [7, 11) is 0. The second kappa shape index (κ2) is 6.13. The lowest BCUT2D eigenvalue weighted by molar-refractivity contribution is 0.520. The summed E-state index contributed by atoms with van der Waals surface area (Å²) in [5.41, 5.74) is 0.576. The molecule has 1 saturated heterocycles. The molecule has 0 radical (unpaired) electrons. The van der Waals surface area contributed by atoms with E-state index in [1.54, 1.807) is 18.5 Å². The Bertz CT molecular complexity index is 629. The average molecular weight is 281 g/mol. The zero-order valence-corrected chi connectivity index (χ0v) is 11.5. The topological polar surface area (TPSA) is 90.6 Å². The van der Waals surface area contributed by atoms with Gasteiger partial charge < -0.3 is 10.2 Å². The van der Waals surface area contributed by atoms with Crippen LogP contribution in [-0.2, 0) is 0 Å². The van der Waals surface area contributed by atoms with Crippen LogP contribution in [0.2, 0.25) is 0 Å². The van der Waals surface area contributed by atoms with Gasteiger partial charge in [0.1, 0.15) is 18.2 Å². The van der Waals surface area contributed by atoms with Crippen LogP contribution < -0.4 is 10.2 Å². The minimum Gasteiger partial charge on any atom is -0.367 e. The molecule has 7 nitrogen and oxygen atoms in total. The fourth-order valence-corrected chi connectivity index (χ4v) is 2.47. The van der Waals surface area contributed by atoms with Gasteiger partial charge in [0, 0.05) is 25.3 Å². The Labute approximate surface area is 122 Å². The van der Waals surface area contributed by atoms with E-state index in [1.165, 1.54) is 6.33 Å². The van der Waals surface area contributed by atoms with Gasteiger partial charge in [0.25, 0.3) is 0 Å². The van der Waals surface area contributed by atoms with Gasteiger partial charge in [-0.1, -0.05) is 0 Å². The summed E-state index contributed by atoms with van der Waals surface area (Å²) in [5.74, 6) is 1.53. The number of rotatable bonds is 3. The van der Waals surface area contributed by atoms with Crippen LogP contribution >= 0.6 is 0 Å². The van der Waals surface area contributed by atoms with Crippen LogP contribution in [0.15, 0.2) is 30.9 Å². The van der Waals surface area contributed by atoms with Crippen LogP contribution in [0.4, 0.5) is 11.6 Å². The van der Waals surface area contributed by atoms with E-state index in [0.717, 1.165) is 31.7 Å². The highest BCUT2D eigenvalue weighted by atomic mass is 15.3. The second-order valence-corrected chi connectivity index (χ2v) is 4.88. The van der Waals surface area contributed by atoms with Gasteiger partial charge >= 0.3 is 0 Å². The molecule has 106 valence electrons. The van der Waals surface area contributed by atoms with E-state index in [1.807, 2.05) is 6.07 Å². The maximum atomic E-state index is 9.12. The van der Waals surface area contributed by atoms with E-state index in [0.29, 0.717) is 17.4 Å². The molecule has 1 fully saturated rings. The van der Waals surface area contributed by atoms with Crippen molar-refractivity contribution in [2.24, 2.45) is 0 Å². The van der Waals surface area contributed by atoms with E-state index in [4.69, 9.17) is 5.26 Å². The molecule has 3 heterocycles. The van der Waals surface area contributed by atoms with Crippen LogP contribution in [0.25, 0.3) is 0 Å². The van der Waals surface area contributed by atoms with Crippen molar-refractivity contribution < 1.29 is 0 Å². The molecule has 0 bridgehead atoms. The molecule has 0 saturated carbocycles. The lowest BCUT2D eigenvalue weighted by Gasteiger charge is -2.33. The lowest BCUT2D eigenvalue weighted by atomic mass is 10.0. The SMILES string of the molecule is N#Cc1ccnnc1N1CCC(Nc2ccncn2)CC1. The highest BCUT2D eigenvalue weighted by Crippen LogP contribution is 2.21. The molecule has 2 aromatic rings. The van der Waals surface area contributed by atoms with Crippen molar-refractivity contribution in [1.29, 1.82) is 5.26 Å². The van der Waals surface area contributed by atoms with Crippen LogP contribution in [0.1, 0.15) is 18.4 Å². The minimum atomic E-state index is 0.373. The molecule has 0 unspecified atom stereocenters. The molecule has 21 heavy (non-hydrogen) atoms. The fraction of sp³-hybridized carbons (Fsp3) is 0.357. The lowest BCUT2D eigenvalue weighted by Crippen LogP contribution is -2.40. The number of nitrogens with zero attached hydrogens (tertiary/aromatic N) is 6. The van der Waals surface area contributed by atoms with Crippen molar-refractivity contribution in [3.05, 3.63) is 36.4 Å². The standard InChI is InChI=1S/C14H15N7/c15-9-11-1-6-18-20-14(11)21-7-3-12(4-8-21)19-13-2-5-16-10-17-13/h1-2,5-6,10,12H,3-4,7-8H2,(H,16,17,19). The van der Waals surface area contributed by atoms with Crippen molar-refractivity contribution in [2.45, 2.75) is 18.9 Å². The molecule has 7 heteroatoms. The molecule has 0 atom stereocenters. The Morgan fingerprint density at radius 3 is 2.81 bits per heavy atom. The molecule has 0 aliphatic carbocycles. The molecule has 0 aromatic carbocycles. The number of hydrogen-bond donors (Lipinski definition) is 1. The third-order valence-electron chi connectivity index (χ3n) is 3.55. The maximum absolute atomic E-state index is 9.12. The number of hydrogen-bond acceptors (Lipinski definition) is 7. The first-order chi connectivity index (χ1) is 10.4. The summed E-state index contributed by atoms with van der Waals surface area (Å²) in [6.45, 7) is 1.69. The van der Waals surface area contributed by atoms with Crippen molar-refractivity contribution in [3.63, 3.8) is 0 Å². The van der Waals surface area contributed by atoms with Crippen molar-refractivity contribution in [2.75, 3.05) is 23.3 Å². The predicted octanol–water partition coefficient (Wildman–Crippen LogP) is 1.22. The zero-order chi connectivity index (χ0) is 14.5. The summed E-state index contributed by atoms with van der Waals surface area (Å²) in [6.07, 6.45) is 6.74. The maximum Gasteiger partial charge on any atom is 0.169 e. The summed E-state index contributed by atoms with van der Waals surface area (Å²) in [4.78, 5) is 10.2. The van der Waals surface area contributed by atoms with Gasteiger partial charge in [-0.25, -0.2) is 9.97 Å². The first-order valence-corrected chi connectivity index (χ1v) is 6.86. The Balaban J connectivity index is 1.62. The largest absolute Gasteiger partial charge is 0.367 e. The summed E-state index contributed by atoms with van der Waals surface area (Å²) < 4.78 is 0. The molecule has 2 aromatic heterocycles. The molecule has 3 rings (SSSR count). The third-order valence-corrected chi connectivity index (χ3v) is 3.55. The molecule has 0 amide bonds. The first kappa shape index (κ1) is 13.2. The Morgan fingerprint density at radius 2 is 2.10 bits per heavy atom. The summed E-state index contributed by atoms with van der Waals surface area (Å²) in [5, 5.41) is 20.5. The predicted molar refractivity (Wildman–Crippen MR) is 77.6 cm³/mol. The highest BCUT2D eigenvalue weighted by molar-refractivity contribution is 5.52. The Kier molecular flexibility index (Phi) is 3.87. The Morgan fingerprint density at radius 1 is 1.24 bits per heavy atom. The highest BCUT2D eigenvalue weighted by Gasteiger charge is 2.22. The quantitative estimate of drug-likeness (QED) is 0.904. The van der Waals surface area contributed by atoms with Crippen molar-refractivity contribution in [1.82, 2.24) is 20.2 Å².